The molecule has 2 heterocycles. The van der Waals surface area contributed by atoms with Gasteiger partial charge in [0.25, 0.3) is 0 Å². The van der Waals surface area contributed by atoms with Crippen molar-refractivity contribution in [3.8, 4) is 0 Å². The summed E-state index contributed by atoms with van der Waals surface area (Å²) in [5.41, 5.74) is 3.52. The number of aromatic nitrogens is 1. The summed E-state index contributed by atoms with van der Waals surface area (Å²) in [6.07, 6.45) is 2.86. The van der Waals surface area contributed by atoms with Crippen LogP contribution in [0, 0.1) is 6.92 Å². The molecule has 0 amide bonds. The Hall–Kier alpha value is -0.540. The number of fused-ring (bicyclic) bond motifs is 1. The first-order chi connectivity index (χ1) is 5.79. The summed E-state index contributed by atoms with van der Waals surface area (Å²) in [4.78, 5) is 5.27. The molecule has 3 heteroatoms. The van der Waals surface area contributed by atoms with Crippen molar-refractivity contribution in [2.75, 3.05) is 6.61 Å². The van der Waals surface area contributed by atoms with Gasteiger partial charge in [0.1, 0.15) is 0 Å². The van der Waals surface area contributed by atoms with Gasteiger partial charge in [-0.1, -0.05) is 0 Å². The quantitative estimate of drug-likeness (QED) is 0.616. The number of rotatable bonds is 0. The van der Waals surface area contributed by atoms with Crippen LogP contribution in [0.3, 0.4) is 0 Å². The zero-order valence-electron chi connectivity index (χ0n) is 7.00. The highest BCUT2D eigenvalue weighted by Crippen LogP contribution is 2.24. The lowest BCUT2D eigenvalue weighted by Gasteiger charge is -2.18. The van der Waals surface area contributed by atoms with Crippen LogP contribution >= 0.6 is 12.6 Å². The summed E-state index contributed by atoms with van der Waals surface area (Å²) in [5.74, 6) is 0. The maximum absolute atomic E-state index is 5.32. The summed E-state index contributed by atoms with van der Waals surface area (Å²) >= 11 is 4.43. The fourth-order valence-corrected chi connectivity index (χ4v) is 1.76. The Morgan fingerprint density at radius 1 is 1.58 bits per heavy atom. The summed E-state index contributed by atoms with van der Waals surface area (Å²) in [7, 11) is 0. The molecule has 0 fully saturated rings. The number of aryl methyl sites for hydroxylation is 1. The summed E-state index contributed by atoms with van der Waals surface area (Å²) < 4.78 is 5.32. The zero-order valence-corrected chi connectivity index (χ0v) is 7.90. The Morgan fingerprint density at radius 2 is 2.42 bits per heavy atom. The van der Waals surface area contributed by atoms with E-state index in [9.17, 15) is 0 Å². The first-order valence-electron chi connectivity index (χ1n) is 4.03. The molecule has 0 atom stereocenters. The second-order valence-corrected chi connectivity index (χ2v) is 3.45. The van der Waals surface area contributed by atoms with Gasteiger partial charge in [0.15, 0.2) is 0 Å². The average Bonchev–Trinajstić information content (AvgIpc) is 2.12. The second-order valence-electron chi connectivity index (χ2n) is 3.00. The van der Waals surface area contributed by atoms with E-state index in [0.29, 0.717) is 6.61 Å². The van der Waals surface area contributed by atoms with Crippen LogP contribution in [0.15, 0.2) is 11.1 Å². The van der Waals surface area contributed by atoms with Crippen molar-refractivity contribution < 1.29 is 4.74 Å². The van der Waals surface area contributed by atoms with Gasteiger partial charge in [-0.25, -0.2) is 0 Å². The number of pyridine rings is 1. The molecule has 0 bridgehead atoms. The van der Waals surface area contributed by atoms with Crippen LogP contribution in [-0.4, -0.2) is 11.6 Å². The third-order valence-corrected chi connectivity index (χ3v) is 2.78. The Kier molecular flexibility index (Phi) is 2.07. The van der Waals surface area contributed by atoms with Gasteiger partial charge in [-0.2, -0.15) is 0 Å². The molecule has 64 valence electrons. The van der Waals surface area contributed by atoms with E-state index in [1.807, 2.05) is 13.1 Å². The number of hydrogen-bond donors (Lipinski definition) is 1. The van der Waals surface area contributed by atoms with Crippen molar-refractivity contribution in [1.82, 2.24) is 4.98 Å². The summed E-state index contributed by atoms with van der Waals surface area (Å²) in [6, 6.07) is 0. The van der Waals surface area contributed by atoms with Crippen LogP contribution in [0.25, 0.3) is 0 Å². The average molecular weight is 181 g/mol. The second kappa shape index (κ2) is 3.07. The molecule has 12 heavy (non-hydrogen) atoms. The van der Waals surface area contributed by atoms with Gasteiger partial charge >= 0.3 is 0 Å². The minimum absolute atomic E-state index is 0.691. The van der Waals surface area contributed by atoms with E-state index >= 15 is 0 Å². The van der Waals surface area contributed by atoms with Crippen LogP contribution in [-0.2, 0) is 17.8 Å². The SMILES string of the molecule is Cc1ncc2c(c1S)CCOC2. The largest absolute Gasteiger partial charge is 0.376 e. The van der Waals surface area contributed by atoms with Gasteiger partial charge in [0.05, 0.1) is 18.9 Å². The van der Waals surface area contributed by atoms with Gasteiger partial charge in [-0.05, 0) is 18.9 Å². The van der Waals surface area contributed by atoms with Crippen LogP contribution in [0.4, 0.5) is 0 Å². The first-order valence-corrected chi connectivity index (χ1v) is 4.48. The van der Waals surface area contributed by atoms with E-state index in [0.717, 1.165) is 23.6 Å². The van der Waals surface area contributed by atoms with Gasteiger partial charge < -0.3 is 4.74 Å². The minimum Gasteiger partial charge on any atom is -0.376 e. The maximum atomic E-state index is 5.32. The molecule has 0 aromatic carbocycles. The first kappa shape index (κ1) is 8.08. The lowest BCUT2D eigenvalue weighted by Crippen LogP contribution is -2.11. The minimum atomic E-state index is 0.691. The molecule has 0 saturated heterocycles. The molecular formula is C9H11NOS. The van der Waals surface area contributed by atoms with Gasteiger partial charge in [0.2, 0.25) is 0 Å². The third kappa shape index (κ3) is 1.23. The van der Waals surface area contributed by atoms with Crippen molar-refractivity contribution >= 4 is 12.6 Å². The van der Waals surface area contributed by atoms with Crippen LogP contribution in [0.2, 0.25) is 0 Å². The van der Waals surface area contributed by atoms with E-state index in [-0.39, 0.29) is 0 Å². The summed E-state index contributed by atoms with van der Waals surface area (Å²) in [6.45, 7) is 3.48. The molecular weight excluding hydrogens is 170 g/mol. The van der Waals surface area contributed by atoms with E-state index < -0.39 is 0 Å². The van der Waals surface area contributed by atoms with E-state index in [1.165, 1.54) is 11.1 Å². The molecule has 2 nitrogen and oxygen atoms in total. The highest BCUT2D eigenvalue weighted by molar-refractivity contribution is 7.80. The Morgan fingerprint density at radius 3 is 3.25 bits per heavy atom. The van der Waals surface area contributed by atoms with Crippen LogP contribution in [0.5, 0.6) is 0 Å². The number of thiol groups is 1. The Bertz CT molecular complexity index is 312. The smallest absolute Gasteiger partial charge is 0.0735 e. The topological polar surface area (TPSA) is 22.1 Å². The van der Waals surface area contributed by atoms with E-state index in [1.54, 1.807) is 0 Å². The van der Waals surface area contributed by atoms with E-state index in [2.05, 4.69) is 17.6 Å². The Labute approximate surface area is 77.4 Å². The highest BCUT2D eigenvalue weighted by Gasteiger charge is 2.13. The van der Waals surface area contributed by atoms with Crippen LogP contribution < -0.4 is 0 Å². The molecule has 1 aromatic heterocycles. The van der Waals surface area contributed by atoms with Crippen molar-refractivity contribution in [3.63, 3.8) is 0 Å². The maximum Gasteiger partial charge on any atom is 0.0735 e. The van der Waals surface area contributed by atoms with Crippen molar-refractivity contribution in [2.24, 2.45) is 0 Å². The van der Waals surface area contributed by atoms with Gasteiger partial charge in [-0.15, -0.1) is 12.6 Å². The standard InChI is InChI=1S/C9H11NOS/c1-6-9(12)8-2-3-11-5-7(8)4-10-6/h4,12H,2-3,5H2,1H3. The van der Waals surface area contributed by atoms with Crippen molar-refractivity contribution in [2.45, 2.75) is 24.8 Å². The lowest BCUT2D eigenvalue weighted by molar-refractivity contribution is 0.109. The van der Waals surface area contributed by atoms with E-state index in [4.69, 9.17) is 4.74 Å². The van der Waals surface area contributed by atoms with Crippen LogP contribution in [0.1, 0.15) is 16.8 Å². The highest BCUT2D eigenvalue weighted by atomic mass is 32.1. The molecule has 0 spiro atoms. The fourth-order valence-electron chi connectivity index (χ4n) is 1.44. The predicted molar refractivity (Wildman–Crippen MR) is 49.6 cm³/mol. The lowest BCUT2D eigenvalue weighted by atomic mass is 10.1. The molecule has 0 saturated carbocycles. The van der Waals surface area contributed by atoms with Gasteiger partial charge in [-0.3, -0.25) is 4.98 Å². The number of hydrogen-bond acceptors (Lipinski definition) is 3. The number of nitrogens with zero attached hydrogens (tertiary/aromatic N) is 1. The monoisotopic (exact) mass is 181 g/mol. The number of ether oxygens (including phenoxy) is 1. The zero-order chi connectivity index (χ0) is 8.55. The molecule has 0 aliphatic carbocycles. The fraction of sp³-hybridized carbons (Fsp3) is 0.444. The third-order valence-electron chi connectivity index (χ3n) is 2.18. The molecule has 0 unspecified atom stereocenters. The van der Waals surface area contributed by atoms with Gasteiger partial charge in [0, 0.05) is 16.7 Å². The molecule has 2 rings (SSSR count). The predicted octanol–water partition coefficient (Wildman–Crippen LogP) is 1.75. The molecule has 0 radical (unpaired) electrons. The van der Waals surface area contributed by atoms with Crippen molar-refractivity contribution in [3.05, 3.63) is 23.0 Å². The molecule has 1 aliphatic heterocycles. The molecule has 0 N–H and O–H groups in total. The van der Waals surface area contributed by atoms with Crippen molar-refractivity contribution in [1.29, 1.82) is 0 Å². The molecule has 1 aliphatic rings. The summed E-state index contributed by atoms with van der Waals surface area (Å²) in [5, 5.41) is 0. The molecule has 1 aromatic rings. The Balaban J connectivity index is 2.54. The normalized spacial score (nSPS) is 15.8.